The van der Waals surface area contributed by atoms with Gasteiger partial charge in [0.05, 0.1) is 11.4 Å². The van der Waals surface area contributed by atoms with Gasteiger partial charge in [0, 0.05) is 31.0 Å². The van der Waals surface area contributed by atoms with Crippen molar-refractivity contribution in [1.82, 2.24) is 25.9 Å². The molecule has 2 aromatic heterocycles. The Kier molecular flexibility index (Phi) is 10.2. The maximum atomic E-state index is 12.5. The van der Waals surface area contributed by atoms with Crippen molar-refractivity contribution >= 4 is 11.9 Å². The minimum atomic E-state index is -1.03. The molecule has 4 N–H and O–H groups in total. The van der Waals surface area contributed by atoms with E-state index in [1.807, 2.05) is 48.5 Å². The molecule has 0 aliphatic carbocycles. The number of carbonyl (C=O) groups excluding carboxylic acids is 1. The van der Waals surface area contributed by atoms with Gasteiger partial charge >= 0.3 is 5.97 Å². The van der Waals surface area contributed by atoms with Crippen LogP contribution in [0.4, 0.5) is 0 Å². The van der Waals surface area contributed by atoms with Gasteiger partial charge in [-0.15, -0.1) is 0 Å². The third-order valence-electron chi connectivity index (χ3n) is 5.32. The van der Waals surface area contributed by atoms with Crippen molar-refractivity contribution in [2.45, 2.75) is 38.4 Å². The smallest absolute Gasteiger partial charge is 0.326 e. The number of benzene rings is 1. The Morgan fingerprint density at radius 3 is 2.00 bits per heavy atom. The Hall–Kier alpha value is -3.62. The van der Waals surface area contributed by atoms with Crippen LogP contribution in [0.3, 0.4) is 0 Å². The van der Waals surface area contributed by atoms with E-state index in [-0.39, 0.29) is 5.91 Å². The van der Waals surface area contributed by atoms with Crippen molar-refractivity contribution in [3.8, 4) is 0 Å². The third-order valence-corrected chi connectivity index (χ3v) is 5.32. The summed E-state index contributed by atoms with van der Waals surface area (Å²) in [4.78, 5) is 32.7. The van der Waals surface area contributed by atoms with Crippen LogP contribution in [0, 0.1) is 0 Å². The zero-order valence-corrected chi connectivity index (χ0v) is 19.1. The van der Waals surface area contributed by atoms with Gasteiger partial charge < -0.3 is 21.1 Å². The first-order chi connectivity index (χ1) is 16.6. The van der Waals surface area contributed by atoms with Crippen LogP contribution < -0.4 is 16.0 Å². The predicted octanol–water partition coefficient (Wildman–Crippen LogP) is 2.56. The molecule has 0 fully saturated rings. The molecular weight excluding hydrogens is 430 g/mol. The van der Waals surface area contributed by atoms with Gasteiger partial charge in [-0.3, -0.25) is 14.8 Å². The Labute approximate surface area is 199 Å². The second-order valence-corrected chi connectivity index (χ2v) is 7.95. The number of aromatic nitrogens is 2. The second kappa shape index (κ2) is 13.8. The van der Waals surface area contributed by atoms with E-state index in [9.17, 15) is 14.7 Å². The lowest BCUT2D eigenvalue weighted by Gasteiger charge is -2.15. The summed E-state index contributed by atoms with van der Waals surface area (Å²) in [5.41, 5.74) is 3.47. The van der Waals surface area contributed by atoms with Crippen molar-refractivity contribution in [1.29, 1.82) is 0 Å². The standard InChI is InChI=1S/C26H31N5O3/c32-25(31-24(26(33)34)8-5-14-27-18-22-6-1-3-15-29-22)21-11-9-20(10-12-21)13-17-28-19-23-7-2-4-16-30-23/h1-4,6-7,9-12,15-16,24,27-28H,5,8,13-14,17-19H2,(H,31,32)(H,33,34)/t24-/m0/s1. The number of aliphatic carboxylic acids is 1. The summed E-state index contributed by atoms with van der Waals surface area (Å²) < 4.78 is 0. The highest BCUT2D eigenvalue weighted by Gasteiger charge is 2.20. The van der Waals surface area contributed by atoms with Crippen molar-refractivity contribution in [2.75, 3.05) is 13.1 Å². The molecule has 0 aliphatic heterocycles. The molecule has 8 nitrogen and oxygen atoms in total. The number of pyridine rings is 2. The van der Waals surface area contributed by atoms with Gasteiger partial charge in [0.1, 0.15) is 6.04 Å². The van der Waals surface area contributed by atoms with Gasteiger partial charge in [0.15, 0.2) is 0 Å². The van der Waals surface area contributed by atoms with Crippen molar-refractivity contribution in [2.24, 2.45) is 0 Å². The molecule has 2 heterocycles. The topological polar surface area (TPSA) is 116 Å². The van der Waals surface area contributed by atoms with Crippen molar-refractivity contribution in [3.63, 3.8) is 0 Å². The van der Waals surface area contributed by atoms with Crippen LogP contribution in [-0.2, 0) is 24.3 Å². The molecule has 0 radical (unpaired) electrons. The van der Waals surface area contributed by atoms with E-state index in [4.69, 9.17) is 0 Å². The fraction of sp³-hybridized carbons (Fsp3) is 0.308. The first-order valence-electron chi connectivity index (χ1n) is 11.5. The molecular formula is C26H31N5O3. The van der Waals surface area contributed by atoms with Crippen LogP contribution in [0.2, 0.25) is 0 Å². The number of rotatable bonds is 14. The minimum absolute atomic E-state index is 0.344. The predicted molar refractivity (Wildman–Crippen MR) is 130 cm³/mol. The van der Waals surface area contributed by atoms with Crippen LogP contribution in [0.15, 0.2) is 73.1 Å². The van der Waals surface area contributed by atoms with Gasteiger partial charge in [-0.1, -0.05) is 24.3 Å². The quantitative estimate of drug-likeness (QED) is 0.273. The SMILES string of the molecule is O=C(N[C@@H](CCCNCc1ccccn1)C(=O)O)c1ccc(CCNCc2ccccn2)cc1. The summed E-state index contributed by atoms with van der Waals surface area (Å²) >= 11 is 0. The molecule has 178 valence electrons. The number of hydrogen-bond acceptors (Lipinski definition) is 6. The largest absolute Gasteiger partial charge is 0.480 e. The lowest BCUT2D eigenvalue weighted by Crippen LogP contribution is -2.41. The van der Waals surface area contributed by atoms with Gasteiger partial charge in [-0.2, -0.15) is 0 Å². The molecule has 3 aromatic rings. The lowest BCUT2D eigenvalue weighted by atomic mass is 10.1. The monoisotopic (exact) mass is 461 g/mol. The highest BCUT2D eigenvalue weighted by Crippen LogP contribution is 2.07. The molecule has 0 saturated heterocycles. The zero-order valence-electron chi connectivity index (χ0n) is 19.1. The molecule has 0 saturated carbocycles. The first-order valence-corrected chi connectivity index (χ1v) is 11.5. The summed E-state index contributed by atoms with van der Waals surface area (Å²) in [7, 11) is 0. The molecule has 0 bridgehead atoms. The number of carboxylic acid groups (broad SMARTS) is 1. The van der Waals surface area contributed by atoms with E-state index >= 15 is 0 Å². The summed E-state index contributed by atoms with van der Waals surface area (Å²) in [6.07, 6.45) is 5.29. The third kappa shape index (κ3) is 8.73. The highest BCUT2D eigenvalue weighted by molar-refractivity contribution is 5.96. The van der Waals surface area contributed by atoms with Crippen molar-refractivity contribution in [3.05, 3.63) is 95.6 Å². The van der Waals surface area contributed by atoms with Crippen LogP contribution in [0.1, 0.15) is 40.2 Å². The van der Waals surface area contributed by atoms with Crippen LogP contribution in [0.5, 0.6) is 0 Å². The maximum absolute atomic E-state index is 12.5. The van der Waals surface area contributed by atoms with E-state index < -0.39 is 12.0 Å². The number of nitrogens with one attached hydrogen (secondary N) is 3. The Balaban J connectivity index is 1.37. The van der Waals surface area contributed by atoms with Gasteiger partial charge in [0.25, 0.3) is 5.91 Å². The molecule has 1 aromatic carbocycles. The van der Waals surface area contributed by atoms with Gasteiger partial charge in [-0.25, -0.2) is 4.79 Å². The average Bonchev–Trinajstić information content (AvgIpc) is 2.87. The number of hydrogen-bond donors (Lipinski definition) is 4. The summed E-state index contributed by atoms with van der Waals surface area (Å²) in [6, 6.07) is 17.9. The zero-order chi connectivity index (χ0) is 24.0. The van der Waals surface area contributed by atoms with Crippen molar-refractivity contribution < 1.29 is 14.7 Å². The fourth-order valence-electron chi connectivity index (χ4n) is 3.42. The Morgan fingerprint density at radius 2 is 1.44 bits per heavy atom. The van der Waals surface area contributed by atoms with Crippen LogP contribution >= 0.6 is 0 Å². The molecule has 0 aliphatic rings. The number of carbonyl (C=O) groups is 2. The first kappa shape index (κ1) is 25.0. The van der Waals surface area contributed by atoms with E-state index in [1.54, 1.807) is 24.5 Å². The Bertz CT molecular complexity index is 1010. The molecule has 0 unspecified atom stereocenters. The molecule has 1 atom stereocenters. The second-order valence-electron chi connectivity index (χ2n) is 7.95. The average molecular weight is 462 g/mol. The summed E-state index contributed by atoms with van der Waals surface area (Å²) in [6.45, 7) is 2.75. The van der Waals surface area contributed by atoms with Crippen LogP contribution in [0.25, 0.3) is 0 Å². The number of nitrogens with zero attached hydrogens (tertiary/aromatic N) is 2. The highest BCUT2D eigenvalue weighted by atomic mass is 16.4. The number of carboxylic acids is 1. The lowest BCUT2D eigenvalue weighted by molar-refractivity contribution is -0.139. The molecule has 1 amide bonds. The summed E-state index contributed by atoms with van der Waals surface area (Å²) in [5.74, 6) is -1.41. The molecule has 8 heteroatoms. The van der Waals surface area contributed by atoms with E-state index in [1.165, 1.54) is 0 Å². The molecule has 34 heavy (non-hydrogen) atoms. The Morgan fingerprint density at radius 1 is 0.824 bits per heavy atom. The normalized spacial score (nSPS) is 11.6. The summed E-state index contributed by atoms with van der Waals surface area (Å²) in [5, 5.41) is 18.7. The fourth-order valence-corrected chi connectivity index (χ4v) is 3.42. The van der Waals surface area contributed by atoms with Gasteiger partial charge in [-0.05, 0) is 74.3 Å². The number of amides is 1. The minimum Gasteiger partial charge on any atom is -0.480 e. The molecule has 0 spiro atoms. The maximum Gasteiger partial charge on any atom is 0.326 e. The van der Waals surface area contributed by atoms with Crippen LogP contribution in [-0.4, -0.2) is 46.1 Å². The van der Waals surface area contributed by atoms with Gasteiger partial charge in [0.2, 0.25) is 0 Å². The van der Waals surface area contributed by atoms with E-state index in [0.717, 1.165) is 29.9 Å². The molecule has 3 rings (SSSR count). The van der Waals surface area contributed by atoms with E-state index in [0.29, 0.717) is 38.0 Å². The van der Waals surface area contributed by atoms with E-state index in [2.05, 4.69) is 25.9 Å².